The van der Waals surface area contributed by atoms with Crippen LogP contribution in [0.4, 0.5) is 4.39 Å². The Bertz CT molecular complexity index is 522. The van der Waals surface area contributed by atoms with Crippen molar-refractivity contribution in [1.29, 1.82) is 0 Å². The summed E-state index contributed by atoms with van der Waals surface area (Å²) in [6, 6.07) is 15.6. The zero-order valence-corrected chi connectivity index (χ0v) is 11.5. The van der Waals surface area contributed by atoms with E-state index in [-0.39, 0.29) is 5.82 Å². The first kappa shape index (κ1) is 13.8. The minimum absolute atomic E-state index is 0.109. The van der Waals surface area contributed by atoms with Gasteiger partial charge in [-0.05, 0) is 37.6 Å². The van der Waals surface area contributed by atoms with Gasteiger partial charge in [-0.15, -0.1) is 0 Å². The number of rotatable bonds is 5. The Morgan fingerprint density at radius 1 is 1.11 bits per heavy atom. The minimum Gasteiger partial charge on any atom is -0.319 e. The molecule has 0 aliphatic rings. The minimum atomic E-state index is -0.109. The highest BCUT2D eigenvalue weighted by atomic mass is 19.1. The Balaban J connectivity index is 2.24. The van der Waals surface area contributed by atoms with E-state index < -0.39 is 0 Å². The molecule has 100 valence electrons. The van der Waals surface area contributed by atoms with Crippen molar-refractivity contribution in [3.8, 4) is 0 Å². The van der Waals surface area contributed by atoms with Crippen LogP contribution < -0.4 is 5.32 Å². The average Bonchev–Trinajstić information content (AvgIpc) is 2.43. The molecule has 0 bridgehead atoms. The number of nitrogens with one attached hydrogen (secondary N) is 1. The van der Waals surface area contributed by atoms with Crippen molar-refractivity contribution in [1.82, 2.24) is 5.32 Å². The molecule has 0 saturated heterocycles. The smallest absolute Gasteiger partial charge is 0.126 e. The van der Waals surface area contributed by atoms with Gasteiger partial charge in [0.05, 0.1) is 0 Å². The first-order valence-electron chi connectivity index (χ1n) is 6.65. The lowest BCUT2D eigenvalue weighted by Crippen LogP contribution is -2.19. The van der Waals surface area contributed by atoms with Gasteiger partial charge in [0.1, 0.15) is 5.82 Å². The van der Waals surface area contributed by atoms with E-state index >= 15 is 0 Å². The van der Waals surface area contributed by atoms with Gasteiger partial charge >= 0.3 is 0 Å². The molecule has 1 nitrogen and oxygen atoms in total. The van der Waals surface area contributed by atoms with Crippen LogP contribution in [0.3, 0.4) is 0 Å². The fourth-order valence-electron chi connectivity index (χ4n) is 2.40. The van der Waals surface area contributed by atoms with E-state index in [0.717, 1.165) is 24.1 Å². The van der Waals surface area contributed by atoms with Gasteiger partial charge in [0.15, 0.2) is 0 Å². The molecule has 1 N–H and O–H groups in total. The zero-order valence-electron chi connectivity index (χ0n) is 11.5. The van der Waals surface area contributed by atoms with Crippen LogP contribution in [0.25, 0.3) is 0 Å². The summed E-state index contributed by atoms with van der Waals surface area (Å²) in [7, 11) is 1.93. The second-order valence-electron chi connectivity index (χ2n) is 4.96. The van der Waals surface area contributed by atoms with Crippen LogP contribution in [0.5, 0.6) is 0 Å². The SMILES string of the molecule is CNCC(Cc1cc(C)ccc1F)c1ccccc1. The van der Waals surface area contributed by atoms with E-state index in [1.54, 1.807) is 6.07 Å². The first-order chi connectivity index (χ1) is 9.20. The second kappa shape index (κ2) is 6.48. The lowest BCUT2D eigenvalue weighted by Gasteiger charge is -2.18. The quantitative estimate of drug-likeness (QED) is 0.861. The molecule has 1 atom stereocenters. The van der Waals surface area contributed by atoms with Gasteiger partial charge in [-0.3, -0.25) is 0 Å². The molecule has 0 heterocycles. The summed E-state index contributed by atoms with van der Waals surface area (Å²) in [6.07, 6.45) is 0.721. The summed E-state index contributed by atoms with van der Waals surface area (Å²) in [5, 5.41) is 3.20. The molecule has 0 amide bonds. The van der Waals surface area contributed by atoms with Crippen LogP contribution in [0.1, 0.15) is 22.6 Å². The van der Waals surface area contributed by atoms with Crippen molar-refractivity contribution in [3.05, 3.63) is 71.0 Å². The van der Waals surface area contributed by atoms with E-state index in [1.807, 2.05) is 44.3 Å². The van der Waals surface area contributed by atoms with Gasteiger partial charge in [0, 0.05) is 12.5 Å². The summed E-state index contributed by atoms with van der Waals surface area (Å²) < 4.78 is 13.9. The molecule has 2 rings (SSSR count). The Kier molecular flexibility index (Phi) is 4.69. The molecule has 1 unspecified atom stereocenters. The molecule has 2 heteroatoms. The van der Waals surface area contributed by atoms with Crippen molar-refractivity contribution in [3.63, 3.8) is 0 Å². The van der Waals surface area contributed by atoms with Gasteiger partial charge in [-0.25, -0.2) is 4.39 Å². The third-order valence-electron chi connectivity index (χ3n) is 3.39. The van der Waals surface area contributed by atoms with Crippen LogP contribution in [-0.2, 0) is 6.42 Å². The molecular formula is C17H20FN. The fraction of sp³-hybridized carbons (Fsp3) is 0.294. The number of aryl methyl sites for hydroxylation is 1. The molecule has 2 aromatic carbocycles. The van der Waals surface area contributed by atoms with Gasteiger partial charge in [0.25, 0.3) is 0 Å². The molecule has 0 aliphatic carbocycles. The van der Waals surface area contributed by atoms with Crippen LogP contribution >= 0.6 is 0 Å². The Labute approximate surface area is 114 Å². The molecule has 0 spiro atoms. The number of hydrogen-bond acceptors (Lipinski definition) is 1. The van der Waals surface area contributed by atoms with E-state index in [0.29, 0.717) is 5.92 Å². The van der Waals surface area contributed by atoms with Crippen molar-refractivity contribution >= 4 is 0 Å². The third kappa shape index (κ3) is 3.65. The molecule has 19 heavy (non-hydrogen) atoms. The fourth-order valence-corrected chi connectivity index (χ4v) is 2.40. The highest BCUT2D eigenvalue weighted by Crippen LogP contribution is 2.22. The predicted octanol–water partition coefficient (Wildman–Crippen LogP) is 3.68. The monoisotopic (exact) mass is 257 g/mol. The average molecular weight is 257 g/mol. The van der Waals surface area contributed by atoms with E-state index in [4.69, 9.17) is 0 Å². The largest absolute Gasteiger partial charge is 0.319 e. The predicted molar refractivity (Wildman–Crippen MR) is 78.0 cm³/mol. The number of benzene rings is 2. The lowest BCUT2D eigenvalue weighted by atomic mass is 9.91. The van der Waals surface area contributed by atoms with Crippen LogP contribution in [-0.4, -0.2) is 13.6 Å². The summed E-state index contributed by atoms with van der Waals surface area (Å²) >= 11 is 0. The van der Waals surface area contributed by atoms with Crippen molar-refractivity contribution in [2.45, 2.75) is 19.3 Å². The van der Waals surface area contributed by atoms with Crippen molar-refractivity contribution < 1.29 is 4.39 Å². The summed E-state index contributed by atoms with van der Waals surface area (Å²) in [6.45, 7) is 2.84. The number of halogens is 1. The summed E-state index contributed by atoms with van der Waals surface area (Å²) in [5.41, 5.74) is 3.15. The first-order valence-corrected chi connectivity index (χ1v) is 6.65. The van der Waals surface area contributed by atoms with Gasteiger partial charge in [-0.2, -0.15) is 0 Å². The Morgan fingerprint density at radius 2 is 1.84 bits per heavy atom. The molecule has 0 aromatic heterocycles. The maximum Gasteiger partial charge on any atom is 0.126 e. The zero-order chi connectivity index (χ0) is 13.7. The highest BCUT2D eigenvalue weighted by Gasteiger charge is 2.14. The summed E-state index contributed by atoms with van der Waals surface area (Å²) in [5.74, 6) is 0.185. The van der Waals surface area contributed by atoms with Crippen LogP contribution in [0.15, 0.2) is 48.5 Å². The van der Waals surface area contributed by atoms with Gasteiger partial charge in [-0.1, -0.05) is 48.0 Å². The number of likely N-dealkylation sites (N-methyl/N-ethyl adjacent to an activating group) is 1. The third-order valence-corrected chi connectivity index (χ3v) is 3.39. The normalized spacial score (nSPS) is 12.4. The second-order valence-corrected chi connectivity index (χ2v) is 4.96. The van der Waals surface area contributed by atoms with E-state index in [9.17, 15) is 4.39 Å². The lowest BCUT2D eigenvalue weighted by molar-refractivity contribution is 0.574. The van der Waals surface area contributed by atoms with Gasteiger partial charge in [0.2, 0.25) is 0 Å². The molecule has 0 radical (unpaired) electrons. The summed E-state index contributed by atoms with van der Waals surface area (Å²) in [4.78, 5) is 0. The van der Waals surface area contributed by atoms with Crippen molar-refractivity contribution in [2.24, 2.45) is 0 Å². The Morgan fingerprint density at radius 3 is 2.53 bits per heavy atom. The standard InChI is InChI=1S/C17H20FN/c1-13-8-9-17(18)15(10-13)11-16(12-19-2)14-6-4-3-5-7-14/h3-10,16,19H,11-12H2,1-2H3. The molecule has 2 aromatic rings. The maximum absolute atomic E-state index is 13.9. The van der Waals surface area contributed by atoms with Crippen molar-refractivity contribution in [2.75, 3.05) is 13.6 Å². The maximum atomic E-state index is 13.9. The molecular weight excluding hydrogens is 237 g/mol. The van der Waals surface area contributed by atoms with E-state index in [1.165, 1.54) is 5.56 Å². The number of hydrogen-bond donors (Lipinski definition) is 1. The highest BCUT2D eigenvalue weighted by molar-refractivity contribution is 5.28. The topological polar surface area (TPSA) is 12.0 Å². The van der Waals surface area contributed by atoms with Gasteiger partial charge < -0.3 is 5.32 Å². The Hall–Kier alpha value is -1.67. The van der Waals surface area contributed by atoms with Crippen LogP contribution in [0, 0.1) is 12.7 Å². The van der Waals surface area contributed by atoms with E-state index in [2.05, 4.69) is 17.4 Å². The molecule has 0 aliphatic heterocycles. The van der Waals surface area contributed by atoms with Crippen LogP contribution in [0.2, 0.25) is 0 Å². The molecule has 0 fully saturated rings. The molecule has 0 saturated carbocycles.